The fourth-order valence-corrected chi connectivity index (χ4v) is 3.98. The first-order valence-corrected chi connectivity index (χ1v) is 6.60. The van der Waals surface area contributed by atoms with E-state index >= 15 is 0 Å². The Morgan fingerprint density at radius 1 is 1.47 bits per heavy atom. The van der Waals surface area contributed by atoms with Gasteiger partial charge in [-0.2, -0.15) is 0 Å². The topological polar surface area (TPSA) is 26.3 Å². The number of cyclic esters (lactones) is 1. The molecular formula is C15H20O2. The summed E-state index contributed by atoms with van der Waals surface area (Å²) in [6.45, 7) is 9.49. The minimum Gasteiger partial charge on any atom is -0.462 e. The normalized spacial score (nSPS) is 44.8. The molecule has 0 aromatic carbocycles. The van der Waals surface area contributed by atoms with Crippen LogP contribution in [-0.4, -0.2) is 12.6 Å². The number of esters is 1. The molecule has 1 saturated carbocycles. The first-order chi connectivity index (χ1) is 8.04. The molecule has 92 valence electrons. The Bertz CT molecular complexity index is 421. The second-order valence-corrected chi connectivity index (χ2v) is 6.12. The molecule has 1 aliphatic heterocycles. The lowest BCUT2D eigenvalue weighted by atomic mass is 9.53. The van der Waals surface area contributed by atoms with Gasteiger partial charge in [-0.1, -0.05) is 32.1 Å². The van der Waals surface area contributed by atoms with E-state index in [-0.39, 0.29) is 11.4 Å². The van der Waals surface area contributed by atoms with E-state index in [9.17, 15) is 4.79 Å². The highest BCUT2D eigenvalue weighted by atomic mass is 16.5. The minimum absolute atomic E-state index is 0.0843. The van der Waals surface area contributed by atoms with Crippen molar-refractivity contribution in [3.63, 3.8) is 0 Å². The Hall–Kier alpha value is -1.05. The molecule has 2 aliphatic carbocycles. The standard InChI is InChI=1S/C15H20O2/c1-9-6-7-15(3)12(10(9)2)5-4-11-13(15)8-17-14(11)16/h4,9,12-13H,2,5-8H2,1,3H3/t9-,12-,13-,15-/m0/s1. The molecule has 1 saturated heterocycles. The summed E-state index contributed by atoms with van der Waals surface area (Å²) in [6, 6.07) is 0. The number of hydrogen-bond donors (Lipinski definition) is 0. The van der Waals surface area contributed by atoms with Crippen LogP contribution in [-0.2, 0) is 9.53 Å². The molecule has 0 spiro atoms. The van der Waals surface area contributed by atoms with Gasteiger partial charge >= 0.3 is 5.97 Å². The van der Waals surface area contributed by atoms with E-state index in [0.29, 0.717) is 24.4 Å². The van der Waals surface area contributed by atoms with Crippen LogP contribution in [0.25, 0.3) is 0 Å². The van der Waals surface area contributed by atoms with Crippen LogP contribution in [0.2, 0.25) is 0 Å². The lowest BCUT2D eigenvalue weighted by Crippen LogP contribution is -2.44. The molecule has 4 atom stereocenters. The summed E-state index contributed by atoms with van der Waals surface area (Å²) in [4.78, 5) is 11.7. The van der Waals surface area contributed by atoms with Crippen LogP contribution in [0.15, 0.2) is 23.8 Å². The van der Waals surface area contributed by atoms with Crippen molar-refractivity contribution in [1.82, 2.24) is 0 Å². The van der Waals surface area contributed by atoms with Crippen LogP contribution in [0, 0.1) is 23.2 Å². The Balaban J connectivity index is 2.01. The summed E-state index contributed by atoms with van der Waals surface area (Å²) >= 11 is 0. The number of carbonyl (C=O) groups excluding carboxylic acids is 1. The Labute approximate surface area is 103 Å². The predicted octanol–water partition coefficient (Wildman–Crippen LogP) is 3.10. The third-order valence-corrected chi connectivity index (χ3v) is 5.35. The Kier molecular flexibility index (Phi) is 2.26. The van der Waals surface area contributed by atoms with E-state index in [0.717, 1.165) is 12.0 Å². The van der Waals surface area contributed by atoms with Crippen molar-refractivity contribution in [2.24, 2.45) is 23.2 Å². The van der Waals surface area contributed by atoms with Crippen LogP contribution in [0.1, 0.15) is 33.1 Å². The zero-order valence-corrected chi connectivity index (χ0v) is 10.7. The van der Waals surface area contributed by atoms with Crippen molar-refractivity contribution in [3.05, 3.63) is 23.8 Å². The molecule has 0 amide bonds. The minimum atomic E-state index is -0.0843. The largest absolute Gasteiger partial charge is 0.462 e. The van der Waals surface area contributed by atoms with Gasteiger partial charge in [0.05, 0.1) is 6.61 Å². The van der Waals surface area contributed by atoms with Crippen molar-refractivity contribution in [3.8, 4) is 0 Å². The van der Waals surface area contributed by atoms with Gasteiger partial charge in [-0.15, -0.1) is 0 Å². The molecule has 2 fully saturated rings. The molecule has 17 heavy (non-hydrogen) atoms. The summed E-state index contributed by atoms with van der Waals surface area (Å²) in [5.41, 5.74) is 2.51. The predicted molar refractivity (Wildman–Crippen MR) is 66.3 cm³/mol. The van der Waals surface area contributed by atoms with Crippen molar-refractivity contribution < 1.29 is 9.53 Å². The maximum absolute atomic E-state index is 11.7. The molecule has 3 rings (SSSR count). The molecule has 0 radical (unpaired) electrons. The smallest absolute Gasteiger partial charge is 0.334 e. The van der Waals surface area contributed by atoms with Crippen molar-refractivity contribution in [2.75, 3.05) is 6.61 Å². The number of rotatable bonds is 0. The number of ether oxygens (including phenoxy) is 1. The summed E-state index contributed by atoms with van der Waals surface area (Å²) in [5, 5.41) is 0. The second-order valence-electron chi connectivity index (χ2n) is 6.12. The lowest BCUT2D eigenvalue weighted by molar-refractivity contribution is -0.135. The first-order valence-electron chi connectivity index (χ1n) is 6.60. The average Bonchev–Trinajstić information content (AvgIpc) is 2.68. The fraction of sp³-hybridized carbons (Fsp3) is 0.667. The Morgan fingerprint density at radius 2 is 2.24 bits per heavy atom. The van der Waals surface area contributed by atoms with Crippen molar-refractivity contribution >= 4 is 5.97 Å². The molecular weight excluding hydrogens is 212 g/mol. The molecule has 3 aliphatic rings. The van der Waals surface area contributed by atoms with E-state index in [4.69, 9.17) is 4.74 Å². The lowest BCUT2D eigenvalue weighted by Gasteiger charge is -2.50. The number of carbonyl (C=O) groups is 1. The van der Waals surface area contributed by atoms with E-state index in [2.05, 4.69) is 26.5 Å². The molecule has 1 heterocycles. The van der Waals surface area contributed by atoms with Gasteiger partial charge in [0, 0.05) is 11.5 Å². The first kappa shape index (κ1) is 11.1. The summed E-state index contributed by atoms with van der Waals surface area (Å²) in [7, 11) is 0. The zero-order valence-electron chi connectivity index (χ0n) is 10.7. The monoisotopic (exact) mass is 232 g/mol. The highest BCUT2D eigenvalue weighted by Gasteiger charge is 2.53. The molecule has 0 aromatic heterocycles. The van der Waals surface area contributed by atoms with E-state index in [1.54, 1.807) is 0 Å². The highest BCUT2D eigenvalue weighted by molar-refractivity contribution is 5.91. The summed E-state index contributed by atoms with van der Waals surface area (Å²) in [6.07, 6.45) is 5.47. The van der Waals surface area contributed by atoms with Crippen LogP contribution in [0.4, 0.5) is 0 Å². The third kappa shape index (κ3) is 1.36. The van der Waals surface area contributed by atoms with Gasteiger partial charge in [0.1, 0.15) is 0 Å². The molecule has 0 bridgehead atoms. The van der Waals surface area contributed by atoms with Crippen LogP contribution in [0.3, 0.4) is 0 Å². The quantitative estimate of drug-likeness (QED) is 0.474. The van der Waals surface area contributed by atoms with Gasteiger partial charge in [0.2, 0.25) is 0 Å². The maximum Gasteiger partial charge on any atom is 0.334 e. The Morgan fingerprint density at radius 3 is 3.00 bits per heavy atom. The average molecular weight is 232 g/mol. The SMILES string of the molecule is C=C1[C@@H](C)CC[C@@]2(C)[C@H]1CC=C1C(=O)OC[C@@H]12. The summed E-state index contributed by atoms with van der Waals surface area (Å²) in [5.74, 6) is 1.38. The highest BCUT2D eigenvalue weighted by Crippen LogP contribution is 2.57. The van der Waals surface area contributed by atoms with Gasteiger partial charge < -0.3 is 4.74 Å². The number of allylic oxidation sites excluding steroid dienone is 2. The molecule has 2 nitrogen and oxygen atoms in total. The fourth-order valence-electron chi connectivity index (χ4n) is 3.98. The van der Waals surface area contributed by atoms with Crippen LogP contribution < -0.4 is 0 Å². The van der Waals surface area contributed by atoms with Gasteiger partial charge in [-0.3, -0.25) is 0 Å². The van der Waals surface area contributed by atoms with Gasteiger partial charge in [-0.25, -0.2) is 4.79 Å². The molecule has 0 N–H and O–H groups in total. The van der Waals surface area contributed by atoms with E-state index in [1.807, 2.05) is 0 Å². The number of fused-ring (bicyclic) bond motifs is 3. The number of hydrogen-bond acceptors (Lipinski definition) is 2. The van der Waals surface area contributed by atoms with E-state index < -0.39 is 0 Å². The van der Waals surface area contributed by atoms with Crippen LogP contribution in [0.5, 0.6) is 0 Å². The molecule has 2 heteroatoms. The van der Waals surface area contributed by atoms with Gasteiger partial charge in [0.25, 0.3) is 0 Å². The maximum atomic E-state index is 11.7. The van der Waals surface area contributed by atoms with Gasteiger partial charge in [0.15, 0.2) is 0 Å². The van der Waals surface area contributed by atoms with E-state index in [1.165, 1.54) is 18.4 Å². The van der Waals surface area contributed by atoms with Crippen molar-refractivity contribution in [1.29, 1.82) is 0 Å². The second kappa shape index (κ2) is 3.47. The molecule has 0 unspecified atom stereocenters. The third-order valence-electron chi connectivity index (χ3n) is 5.35. The van der Waals surface area contributed by atoms with Crippen LogP contribution >= 0.6 is 0 Å². The summed E-state index contributed by atoms with van der Waals surface area (Å²) < 4.78 is 5.24. The van der Waals surface area contributed by atoms with Crippen molar-refractivity contribution in [2.45, 2.75) is 33.1 Å². The molecule has 0 aromatic rings. The zero-order chi connectivity index (χ0) is 12.2. The van der Waals surface area contributed by atoms with Gasteiger partial charge in [-0.05, 0) is 36.5 Å².